The van der Waals surface area contributed by atoms with E-state index < -0.39 is 0 Å². The molecule has 1 N–H and O–H groups in total. The van der Waals surface area contributed by atoms with E-state index in [4.69, 9.17) is 0 Å². The predicted molar refractivity (Wildman–Crippen MR) is 103 cm³/mol. The highest BCUT2D eigenvalue weighted by Gasteiger charge is 2.11. The Morgan fingerprint density at radius 2 is 1.89 bits per heavy atom. The fourth-order valence-electron chi connectivity index (χ4n) is 2.25. The van der Waals surface area contributed by atoms with Crippen LogP contribution in [0, 0.1) is 0 Å². The van der Waals surface area contributed by atoms with Gasteiger partial charge in [0.05, 0.1) is 5.69 Å². The van der Waals surface area contributed by atoms with E-state index in [0.29, 0.717) is 10.7 Å². The number of tetrazole rings is 1. The van der Waals surface area contributed by atoms with Crippen molar-refractivity contribution in [2.24, 2.45) is 0 Å². The second-order valence-electron chi connectivity index (χ2n) is 5.40. The molecule has 1 amide bonds. The third-order valence-electron chi connectivity index (χ3n) is 3.58. The lowest BCUT2D eigenvalue weighted by Crippen LogP contribution is -2.11. The quantitative estimate of drug-likeness (QED) is 0.396. The van der Waals surface area contributed by atoms with Gasteiger partial charge < -0.3 is 0 Å². The largest absolute Gasteiger partial charge is 0.296 e. The van der Waals surface area contributed by atoms with Crippen molar-refractivity contribution < 1.29 is 4.79 Å². The number of hydrogen-bond acceptors (Lipinski definition) is 8. The van der Waals surface area contributed by atoms with Gasteiger partial charge in [-0.25, -0.2) is 4.68 Å². The van der Waals surface area contributed by atoms with Crippen LogP contribution in [0.5, 0.6) is 0 Å². The van der Waals surface area contributed by atoms with Gasteiger partial charge in [0, 0.05) is 11.3 Å². The van der Waals surface area contributed by atoms with Gasteiger partial charge in [0.15, 0.2) is 4.34 Å². The molecule has 0 bridgehead atoms. The fourth-order valence-corrected chi connectivity index (χ4v) is 3.96. The van der Waals surface area contributed by atoms with Crippen LogP contribution in [0.25, 0.3) is 5.69 Å². The highest BCUT2D eigenvalue weighted by molar-refractivity contribution is 8.00. The molecule has 2 aromatic heterocycles. The van der Waals surface area contributed by atoms with Crippen LogP contribution in [0.3, 0.4) is 0 Å². The zero-order valence-electron chi connectivity index (χ0n) is 13.9. The molecule has 0 saturated carbocycles. The Morgan fingerprint density at radius 1 is 1.07 bits per heavy atom. The molecule has 2 aromatic carbocycles. The first-order valence-corrected chi connectivity index (χ1v) is 9.73. The number of rotatable bonds is 6. The average molecular weight is 395 g/mol. The molecule has 134 valence electrons. The van der Waals surface area contributed by atoms with Gasteiger partial charge in [0.2, 0.25) is 5.13 Å². The molecule has 10 heteroatoms. The summed E-state index contributed by atoms with van der Waals surface area (Å²) in [5, 5.41) is 22.4. The fraction of sp³-hybridized carbons (Fsp3) is 0.0588. The Bertz CT molecular complexity index is 1020. The smallest absolute Gasteiger partial charge is 0.257 e. The highest BCUT2D eigenvalue weighted by atomic mass is 32.2. The first-order valence-electron chi connectivity index (χ1n) is 7.93. The molecule has 0 spiro atoms. The van der Waals surface area contributed by atoms with Gasteiger partial charge in [-0.3, -0.25) is 10.1 Å². The third kappa shape index (κ3) is 4.36. The van der Waals surface area contributed by atoms with Gasteiger partial charge in [0.25, 0.3) is 5.91 Å². The number of carbonyl (C=O) groups is 1. The number of benzene rings is 2. The number of hydrogen-bond donors (Lipinski definition) is 1. The molecule has 0 atom stereocenters. The Balaban J connectivity index is 1.36. The zero-order valence-corrected chi connectivity index (χ0v) is 15.5. The molecule has 0 saturated heterocycles. The van der Waals surface area contributed by atoms with E-state index in [0.717, 1.165) is 15.8 Å². The minimum atomic E-state index is -0.242. The minimum Gasteiger partial charge on any atom is -0.296 e. The zero-order chi connectivity index (χ0) is 18.5. The summed E-state index contributed by atoms with van der Waals surface area (Å²) in [4.78, 5) is 12.4. The van der Waals surface area contributed by atoms with Crippen molar-refractivity contribution >= 4 is 34.1 Å². The molecule has 0 aliphatic carbocycles. The third-order valence-corrected chi connectivity index (χ3v) is 5.62. The maximum absolute atomic E-state index is 12.4. The molecular formula is C17H13N7OS2. The first kappa shape index (κ1) is 17.3. The number of nitrogens with one attached hydrogen (secondary N) is 1. The van der Waals surface area contributed by atoms with E-state index in [2.05, 4.69) is 43.2 Å². The van der Waals surface area contributed by atoms with E-state index in [-0.39, 0.29) is 5.91 Å². The van der Waals surface area contributed by atoms with Crippen LogP contribution in [-0.2, 0) is 5.75 Å². The second kappa shape index (κ2) is 8.06. The molecule has 0 aliphatic heterocycles. The molecular weight excluding hydrogens is 382 g/mol. The van der Waals surface area contributed by atoms with Gasteiger partial charge in [-0.1, -0.05) is 53.4 Å². The van der Waals surface area contributed by atoms with Crippen LogP contribution < -0.4 is 5.32 Å². The van der Waals surface area contributed by atoms with Crippen molar-refractivity contribution in [1.29, 1.82) is 0 Å². The van der Waals surface area contributed by atoms with Crippen molar-refractivity contribution in [1.82, 2.24) is 30.4 Å². The van der Waals surface area contributed by atoms with Gasteiger partial charge >= 0.3 is 0 Å². The molecule has 0 fully saturated rings. The summed E-state index contributed by atoms with van der Waals surface area (Å²) in [5.74, 6) is 0.566. The van der Waals surface area contributed by atoms with E-state index in [1.165, 1.54) is 27.9 Å². The predicted octanol–water partition coefficient (Wildman–Crippen LogP) is 3.06. The van der Waals surface area contributed by atoms with E-state index >= 15 is 0 Å². The summed E-state index contributed by atoms with van der Waals surface area (Å²) in [6.45, 7) is 0. The van der Waals surface area contributed by atoms with Gasteiger partial charge in [0.1, 0.15) is 6.33 Å². The summed E-state index contributed by atoms with van der Waals surface area (Å²) >= 11 is 2.94. The van der Waals surface area contributed by atoms with E-state index in [9.17, 15) is 4.79 Å². The average Bonchev–Trinajstić information content (AvgIpc) is 3.40. The number of amides is 1. The molecule has 0 unspecified atom stereocenters. The lowest BCUT2D eigenvalue weighted by atomic mass is 10.2. The number of nitrogens with zero attached hydrogens (tertiary/aromatic N) is 6. The Kier molecular flexibility index (Phi) is 5.17. The molecule has 0 radical (unpaired) electrons. The van der Waals surface area contributed by atoms with Crippen molar-refractivity contribution in [3.8, 4) is 5.69 Å². The van der Waals surface area contributed by atoms with Crippen molar-refractivity contribution in [2.45, 2.75) is 10.1 Å². The van der Waals surface area contributed by atoms with Crippen molar-refractivity contribution in [2.75, 3.05) is 5.32 Å². The van der Waals surface area contributed by atoms with Crippen molar-refractivity contribution in [3.05, 3.63) is 72.1 Å². The lowest BCUT2D eigenvalue weighted by molar-refractivity contribution is 0.102. The summed E-state index contributed by atoms with van der Waals surface area (Å²) < 4.78 is 2.33. The Labute approximate surface area is 162 Å². The monoisotopic (exact) mass is 395 g/mol. The SMILES string of the molecule is O=C(Nc1nnc(SCc2ccccc2)s1)c1ccc(-n2cnnn2)cc1. The maximum Gasteiger partial charge on any atom is 0.257 e. The van der Waals surface area contributed by atoms with Gasteiger partial charge in [-0.2, -0.15) is 0 Å². The van der Waals surface area contributed by atoms with E-state index in [1.54, 1.807) is 36.0 Å². The number of anilines is 1. The summed E-state index contributed by atoms with van der Waals surface area (Å²) in [6, 6.07) is 17.1. The van der Waals surface area contributed by atoms with E-state index in [1.807, 2.05) is 18.2 Å². The lowest BCUT2D eigenvalue weighted by Gasteiger charge is -2.03. The Hall–Kier alpha value is -3.11. The van der Waals surface area contributed by atoms with Crippen molar-refractivity contribution in [3.63, 3.8) is 0 Å². The molecule has 2 heterocycles. The van der Waals surface area contributed by atoms with Crippen LogP contribution in [0.1, 0.15) is 15.9 Å². The topological polar surface area (TPSA) is 98.5 Å². The van der Waals surface area contributed by atoms with Gasteiger partial charge in [-0.15, -0.1) is 15.3 Å². The van der Waals surface area contributed by atoms with Gasteiger partial charge in [-0.05, 0) is 40.3 Å². The standard InChI is InChI=1S/C17H13N7OS2/c25-15(13-6-8-14(9-7-13)24-11-18-22-23-24)19-16-20-21-17(27-16)26-10-12-4-2-1-3-5-12/h1-9,11H,10H2,(H,19,20,25). The molecule has 8 nitrogen and oxygen atoms in total. The number of thioether (sulfide) groups is 1. The molecule has 4 rings (SSSR count). The summed E-state index contributed by atoms with van der Waals surface area (Å²) in [6.07, 6.45) is 1.49. The molecule has 0 aliphatic rings. The highest BCUT2D eigenvalue weighted by Crippen LogP contribution is 2.28. The first-order chi connectivity index (χ1) is 13.3. The summed E-state index contributed by atoms with van der Waals surface area (Å²) in [5.41, 5.74) is 2.50. The normalized spacial score (nSPS) is 10.7. The van der Waals surface area contributed by atoms with Crippen LogP contribution in [-0.4, -0.2) is 36.3 Å². The van der Waals surface area contributed by atoms with Crippen LogP contribution >= 0.6 is 23.1 Å². The van der Waals surface area contributed by atoms with Crippen LogP contribution in [0.4, 0.5) is 5.13 Å². The Morgan fingerprint density at radius 3 is 2.63 bits per heavy atom. The minimum absolute atomic E-state index is 0.242. The second-order valence-corrected chi connectivity index (χ2v) is 7.60. The number of aromatic nitrogens is 6. The molecule has 27 heavy (non-hydrogen) atoms. The summed E-state index contributed by atoms with van der Waals surface area (Å²) in [7, 11) is 0. The van der Waals surface area contributed by atoms with Crippen LogP contribution in [0.15, 0.2) is 65.3 Å². The van der Waals surface area contributed by atoms with Crippen LogP contribution in [0.2, 0.25) is 0 Å². The maximum atomic E-state index is 12.4. The molecule has 4 aromatic rings. The number of carbonyl (C=O) groups excluding carboxylic acids is 1.